The lowest BCUT2D eigenvalue weighted by Crippen LogP contribution is -2.27. The number of hydrogen-bond acceptors (Lipinski definition) is 13. The summed E-state index contributed by atoms with van der Waals surface area (Å²) in [7, 11) is 3.28. The summed E-state index contributed by atoms with van der Waals surface area (Å²) >= 11 is 0. The maximum Gasteiger partial charge on any atom is 0.163 e. The lowest BCUT2D eigenvalue weighted by molar-refractivity contribution is 0.0159. The van der Waals surface area contributed by atoms with E-state index in [1.54, 1.807) is 14.2 Å². The average molecular weight is 876 g/mol. The first kappa shape index (κ1) is 49.6. The summed E-state index contributed by atoms with van der Waals surface area (Å²) in [6.07, 6.45) is 10.5. The lowest BCUT2D eigenvalue weighted by Gasteiger charge is -2.14. The van der Waals surface area contributed by atoms with E-state index in [0.29, 0.717) is 121 Å². The molecular weight excluding hydrogens is 807 g/mol. The molecule has 1 aromatic carbocycles. The molecule has 0 atom stereocenters. The van der Waals surface area contributed by atoms with Crippen molar-refractivity contribution in [2.45, 2.75) is 72.8 Å². The topological polar surface area (TPSA) is 183 Å². The molecule has 6 bridgehead atoms. The zero-order chi connectivity index (χ0) is 44.8. The van der Waals surface area contributed by atoms with Crippen molar-refractivity contribution in [2.24, 2.45) is 15.0 Å². The second kappa shape index (κ2) is 27.0. The second-order valence-corrected chi connectivity index (χ2v) is 15.2. The molecule has 2 aliphatic rings. The van der Waals surface area contributed by atoms with Gasteiger partial charge in [0.25, 0.3) is 0 Å². The van der Waals surface area contributed by atoms with Crippen molar-refractivity contribution < 1.29 is 48.1 Å². The number of aliphatic hydroxyl groups excluding tert-OH is 2. The van der Waals surface area contributed by atoms with E-state index in [0.717, 1.165) is 68.6 Å². The summed E-state index contributed by atoms with van der Waals surface area (Å²) in [6, 6.07) is 3.73. The van der Waals surface area contributed by atoms with Gasteiger partial charge < -0.3 is 58.1 Å². The van der Waals surface area contributed by atoms with Crippen LogP contribution in [0, 0.1) is 13.8 Å². The molecule has 0 unspecified atom stereocenters. The number of H-pyrrole nitrogens is 2. The van der Waals surface area contributed by atoms with Crippen LogP contribution in [0.3, 0.4) is 0 Å². The molecule has 2 aliphatic heterocycles. The smallest absolute Gasteiger partial charge is 0.163 e. The third-order valence-corrected chi connectivity index (χ3v) is 11.0. The van der Waals surface area contributed by atoms with Crippen LogP contribution in [-0.4, -0.2) is 133 Å². The highest BCUT2D eigenvalue weighted by Crippen LogP contribution is 2.34. The first-order valence-corrected chi connectivity index (χ1v) is 22.3. The van der Waals surface area contributed by atoms with Gasteiger partial charge in [0.1, 0.15) is 13.2 Å². The Morgan fingerprint density at radius 3 is 1.75 bits per heavy atom. The Bertz CT molecular complexity index is 2260. The van der Waals surface area contributed by atoms with Crippen LogP contribution in [0.4, 0.5) is 0 Å². The molecule has 0 spiro atoms. The van der Waals surface area contributed by atoms with E-state index >= 15 is 0 Å². The molecule has 0 saturated carbocycles. The number of aliphatic hydroxyl groups is 2. The molecule has 63 heavy (non-hydrogen) atoms. The van der Waals surface area contributed by atoms with Gasteiger partial charge in [-0.25, -0.2) is 4.99 Å². The number of aromatic nitrogens is 2. The quantitative estimate of drug-likeness (QED) is 0.0789. The minimum atomic E-state index is 0.0856. The first-order chi connectivity index (χ1) is 30.9. The largest absolute Gasteiger partial charge is 0.487 e. The number of fused-ring (bicyclic) bond motifs is 6. The van der Waals surface area contributed by atoms with E-state index in [9.17, 15) is 10.2 Å². The molecule has 3 aromatic rings. The van der Waals surface area contributed by atoms with Gasteiger partial charge in [-0.05, 0) is 97.9 Å². The second-order valence-electron chi connectivity index (χ2n) is 15.2. The van der Waals surface area contributed by atoms with Crippen LogP contribution in [-0.2, 0) is 47.8 Å². The van der Waals surface area contributed by atoms with Crippen molar-refractivity contribution >= 4 is 24.1 Å². The minimum Gasteiger partial charge on any atom is -0.487 e. The number of nitrogens with zero attached hydrogens (tertiary/aromatic N) is 3. The summed E-state index contributed by atoms with van der Waals surface area (Å²) in [4.78, 5) is 22.9. The number of nitrogens with one attached hydrogen (secondary N) is 2. The van der Waals surface area contributed by atoms with Gasteiger partial charge in [0, 0.05) is 56.3 Å². The van der Waals surface area contributed by atoms with E-state index in [2.05, 4.69) is 49.8 Å². The molecule has 0 fully saturated rings. The molecule has 2 aromatic heterocycles. The molecule has 4 N–H and O–H groups in total. The Morgan fingerprint density at radius 2 is 1.17 bits per heavy atom. The minimum absolute atomic E-state index is 0.0856. The number of ether oxygens (including phenoxy) is 8. The van der Waals surface area contributed by atoms with Crippen LogP contribution in [0.2, 0.25) is 0 Å². The van der Waals surface area contributed by atoms with Gasteiger partial charge in [-0.2, -0.15) is 0 Å². The van der Waals surface area contributed by atoms with E-state index < -0.39 is 0 Å². The molecular formula is C48H69N5O10. The monoisotopic (exact) mass is 876 g/mol. The number of benzene rings is 1. The predicted molar refractivity (Wildman–Crippen MR) is 244 cm³/mol. The standard InChI is InChI=1S/C48H69N5O10/c1-7-35-36(8-2)40-28-42-38(12-10-14-55)34(4)46(53-42)32-50-44-30-48(63-26-24-61-22-20-59-18-16-57-6)47(62-25-23-60-21-19-58-17-15-56-5)29-43(44)49-31-45-33(3)37(11-9-13-54)41(52-45)27-39(35)51-40/h27-31,52-55H,7-26,32H2,1-6H3/b40-28-,41-27?,45-31-,49-43?,50-44?. The van der Waals surface area contributed by atoms with Crippen LogP contribution in [0.15, 0.2) is 44.0 Å². The third-order valence-electron chi connectivity index (χ3n) is 11.0. The molecule has 5 rings (SSSR count). The summed E-state index contributed by atoms with van der Waals surface area (Å²) in [5.74, 6) is 0.991. The molecule has 346 valence electrons. The average Bonchev–Trinajstić information content (AvgIpc) is 3.89. The molecule has 0 saturated heterocycles. The maximum atomic E-state index is 9.87. The van der Waals surface area contributed by atoms with Crippen LogP contribution in [0.1, 0.15) is 73.2 Å². The molecule has 0 radical (unpaired) electrons. The van der Waals surface area contributed by atoms with Crippen LogP contribution >= 0.6 is 0 Å². The van der Waals surface area contributed by atoms with Gasteiger partial charge in [-0.1, -0.05) is 13.8 Å². The normalized spacial score (nSPS) is 15.1. The van der Waals surface area contributed by atoms with E-state index in [4.69, 9.17) is 52.9 Å². The number of methoxy groups -OCH3 is 2. The van der Waals surface area contributed by atoms with Gasteiger partial charge in [-0.15, -0.1) is 0 Å². The van der Waals surface area contributed by atoms with Gasteiger partial charge in [0.05, 0.1) is 106 Å². The SMILES string of the molecule is CCC1=C(CC)/C2=C/c3[nH]c(c(C)c3CCCO)CN=c3cc(OCCOCCOCCOC)c(OCCOCCOCCOC)cc3=N/C=c3\[nH]c(c(CCCO)c3C)=CC1=N2. The maximum absolute atomic E-state index is 9.87. The van der Waals surface area contributed by atoms with E-state index in [1.165, 1.54) is 11.1 Å². The summed E-state index contributed by atoms with van der Waals surface area (Å²) < 4.78 is 45.4. The summed E-state index contributed by atoms with van der Waals surface area (Å²) in [6.45, 7) is 14.1. The Kier molecular flexibility index (Phi) is 21.2. The molecule has 15 heteroatoms. The Morgan fingerprint density at radius 1 is 0.619 bits per heavy atom. The van der Waals surface area contributed by atoms with Gasteiger partial charge >= 0.3 is 0 Å². The van der Waals surface area contributed by atoms with E-state index in [1.807, 2.05) is 18.3 Å². The Hall–Kier alpha value is -4.45. The fourth-order valence-corrected chi connectivity index (χ4v) is 7.60. The molecule has 15 nitrogen and oxygen atoms in total. The summed E-state index contributed by atoms with van der Waals surface area (Å²) in [5.41, 5.74) is 10.6. The highest BCUT2D eigenvalue weighted by molar-refractivity contribution is 6.23. The summed E-state index contributed by atoms with van der Waals surface area (Å²) in [5, 5.41) is 22.7. The van der Waals surface area contributed by atoms with Crippen molar-refractivity contribution in [3.8, 4) is 11.5 Å². The van der Waals surface area contributed by atoms with Crippen LogP contribution in [0.5, 0.6) is 11.5 Å². The highest BCUT2D eigenvalue weighted by atomic mass is 16.6. The van der Waals surface area contributed by atoms with Gasteiger partial charge in [0.2, 0.25) is 0 Å². The molecule has 0 amide bonds. The number of aromatic amines is 2. The third kappa shape index (κ3) is 14.3. The fraction of sp³-hybridized carbons (Fsp3) is 0.562. The van der Waals surface area contributed by atoms with E-state index in [-0.39, 0.29) is 26.4 Å². The first-order valence-electron chi connectivity index (χ1n) is 22.3. The van der Waals surface area contributed by atoms with Crippen molar-refractivity contribution in [1.29, 1.82) is 0 Å². The highest BCUT2D eigenvalue weighted by Gasteiger charge is 2.22. The number of allylic oxidation sites excluding steroid dienone is 2. The van der Waals surface area contributed by atoms with Gasteiger partial charge in [0.15, 0.2) is 11.5 Å². The Balaban J connectivity index is 1.61. The predicted octanol–water partition coefficient (Wildman–Crippen LogP) is 3.51. The van der Waals surface area contributed by atoms with Crippen molar-refractivity contribution in [3.05, 3.63) is 84.0 Å². The lowest BCUT2D eigenvalue weighted by atomic mass is 9.98. The Labute approximate surface area is 371 Å². The molecule has 4 heterocycles. The molecule has 0 aliphatic carbocycles. The van der Waals surface area contributed by atoms with Gasteiger partial charge in [-0.3, -0.25) is 9.98 Å². The van der Waals surface area contributed by atoms with Crippen LogP contribution < -0.4 is 30.9 Å². The van der Waals surface area contributed by atoms with Crippen molar-refractivity contribution in [3.63, 3.8) is 0 Å². The number of hydrogen-bond donors (Lipinski definition) is 4. The van der Waals surface area contributed by atoms with Crippen molar-refractivity contribution in [2.75, 3.05) is 107 Å². The zero-order valence-electron chi connectivity index (χ0n) is 38.2. The number of aliphatic imine (C=N–C) groups is 1. The number of rotatable bonds is 28. The van der Waals surface area contributed by atoms with Crippen LogP contribution in [0.25, 0.3) is 18.4 Å². The fourth-order valence-electron chi connectivity index (χ4n) is 7.60. The zero-order valence-corrected chi connectivity index (χ0v) is 38.2. The van der Waals surface area contributed by atoms with Crippen molar-refractivity contribution in [1.82, 2.24) is 9.97 Å².